The van der Waals surface area contributed by atoms with Crippen molar-refractivity contribution >= 4 is 86.3 Å². The average molecular weight is 509 g/mol. The van der Waals surface area contributed by atoms with Gasteiger partial charge in [0.05, 0.1) is 5.69 Å². The van der Waals surface area contributed by atoms with Crippen LogP contribution < -0.4 is 16.0 Å². The van der Waals surface area contributed by atoms with Gasteiger partial charge in [0.15, 0.2) is 5.11 Å². The van der Waals surface area contributed by atoms with E-state index in [0.717, 1.165) is 22.1 Å². The van der Waals surface area contributed by atoms with Gasteiger partial charge in [-0.05, 0) is 53.4 Å². The normalized spacial score (nSPS) is 12.4. The van der Waals surface area contributed by atoms with Crippen LogP contribution in [-0.4, -0.2) is 21.0 Å². The molecule has 0 aliphatic carbocycles. The summed E-state index contributed by atoms with van der Waals surface area (Å²) in [7, 11) is 0. The van der Waals surface area contributed by atoms with Gasteiger partial charge in [0.2, 0.25) is 9.70 Å². The minimum atomic E-state index is -1.74. The summed E-state index contributed by atoms with van der Waals surface area (Å²) in [5.41, 5.74) is 0.825. The van der Waals surface area contributed by atoms with E-state index in [1.807, 2.05) is 31.2 Å². The van der Waals surface area contributed by atoms with Crippen molar-refractivity contribution in [1.29, 1.82) is 0 Å². The Labute approximate surface area is 170 Å². The number of amides is 1. The van der Waals surface area contributed by atoms with Gasteiger partial charge in [-0.15, -0.1) is 0 Å². The fourth-order valence-electron chi connectivity index (χ4n) is 1.62. The van der Waals surface area contributed by atoms with Crippen LogP contribution in [0, 0.1) is 3.57 Å². The third kappa shape index (κ3) is 8.07. The third-order valence-corrected chi connectivity index (χ3v) is 4.60. The zero-order valence-corrected chi connectivity index (χ0v) is 17.6. The van der Waals surface area contributed by atoms with Crippen LogP contribution in [0.3, 0.4) is 0 Å². The van der Waals surface area contributed by atoms with Crippen molar-refractivity contribution in [3.63, 3.8) is 0 Å². The minimum absolute atomic E-state index is 0.201. The van der Waals surface area contributed by atoms with Crippen molar-refractivity contribution in [2.75, 3.05) is 5.32 Å². The molecule has 0 radical (unpaired) electrons. The Hall–Kier alpha value is -0.0200. The van der Waals surface area contributed by atoms with Gasteiger partial charge in [-0.3, -0.25) is 4.79 Å². The van der Waals surface area contributed by atoms with Gasteiger partial charge >= 0.3 is 0 Å². The number of hydrogen-bond donors (Lipinski definition) is 3. The predicted molar refractivity (Wildman–Crippen MR) is 110 cm³/mol. The topological polar surface area (TPSA) is 53.2 Å². The first-order valence-corrected chi connectivity index (χ1v) is 9.54. The molecule has 0 bridgehead atoms. The van der Waals surface area contributed by atoms with E-state index in [4.69, 9.17) is 47.0 Å². The van der Waals surface area contributed by atoms with Crippen LogP contribution in [0.4, 0.5) is 5.69 Å². The fraction of sp³-hybridized carbons (Fsp3) is 0.429. The zero-order valence-electron chi connectivity index (χ0n) is 12.3. The molecule has 0 saturated heterocycles. The summed E-state index contributed by atoms with van der Waals surface area (Å²) in [6, 6.07) is 7.61. The first-order chi connectivity index (χ1) is 10.7. The number of alkyl halides is 3. The molecule has 0 aromatic heterocycles. The van der Waals surface area contributed by atoms with Crippen molar-refractivity contribution in [2.24, 2.45) is 0 Å². The molecule has 1 aromatic rings. The van der Waals surface area contributed by atoms with E-state index >= 15 is 0 Å². The van der Waals surface area contributed by atoms with E-state index in [0.29, 0.717) is 6.42 Å². The molecular formula is C14H17Cl3IN3OS. The lowest BCUT2D eigenvalue weighted by Gasteiger charge is -2.28. The number of benzene rings is 1. The summed E-state index contributed by atoms with van der Waals surface area (Å²) in [5.74, 6) is -0.201. The molecule has 1 atom stereocenters. The Morgan fingerprint density at radius 2 is 1.96 bits per heavy atom. The third-order valence-electron chi connectivity index (χ3n) is 2.79. The van der Waals surface area contributed by atoms with E-state index < -0.39 is 9.96 Å². The number of thiocarbonyl (C=S) groups is 1. The van der Waals surface area contributed by atoms with E-state index in [1.54, 1.807) is 0 Å². The molecule has 128 valence electrons. The predicted octanol–water partition coefficient (Wildman–Crippen LogP) is 4.58. The average Bonchev–Trinajstić information content (AvgIpc) is 2.46. The summed E-state index contributed by atoms with van der Waals surface area (Å²) in [6.45, 7) is 2.00. The van der Waals surface area contributed by atoms with Crippen LogP contribution in [-0.2, 0) is 4.79 Å². The summed E-state index contributed by atoms with van der Waals surface area (Å²) >= 11 is 25.2. The lowest BCUT2D eigenvalue weighted by molar-refractivity contribution is -0.122. The fourth-order valence-corrected chi connectivity index (χ4v) is 2.70. The monoisotopic (exact) mass is 507 g/mol. The molecule has 1 aromatic carbocycles. The molecule has 4 nitrogen and oxygen atoms in total. The summed E-state index contributed by atoms with van der Waals surface area (Å²) in [5, 5.41) is 8.74. The lowest BCUT2D eigenvalue weighted by atomic mass is 10.2. The van der Waals surface area contributed by atoms with Crippen LogP contribution in [0.1, 0.15) is 26.2 Å². The highest BCUT2D eigenvalue weighted by molar-refractivity contribution is 14.1. The number of anilines is 1. The van der Waals surface area contributed by atoms with Crippen molar-refractivity contribution < 1.29 is 4.79 Å². The van der Waals surface area contributed by atoms with E-state index in [-0.39, 0.29) is 11.0 Å². The number of unbranched alkanes of at least 4 members (excludes halogenated alkanes) is 1. The standard InChI is InChI=1S/C14H17Cl3IN3OS/c1-2-3-8-11(22)20-12(14(15,16)17)21-13(23)19-10-7-5-4-6-9(10)18/h4-7,12H,2-3,8H2,1H3,(H,20,22)(H2,19,21,23). The number of halogens is 4. The smallest absolute Gasteiger partial charge is 0.228 e. The molecule has 0 aliphatic rings. The Kier molecular flexibility index (Phi) is 9.21. The van der Waals surface area contributed by atoms with E-state index in [2.05, 4.69) is 38.5 Å². The lowest BCUT2D eigenvalue weighted by Crippen LogP contribution is -2.56. The first-order valence-electron chi connectivity index (χ1n) is 6.92. The van der Waals surface area contributed by atoms with E-state index in [9.17, 15) is 4.79 Å². The molecule has 1 amide bonds. The van der Waals surface area contributed by atoms with Crippen molar-refractivity contribution in [2.45, 2.75) is 36.1 Å². The van der Waals surface area contributed by atoms with Gasteiger partial charge in [0.1, 0.15) is 6.17 Å². The second-order valence-corrected chi connectivity index (χ2v) is 8.66. The molecule has 9 heteroatoms. The Balaban J connectivity index is 2.68. The molecule has 1 unspecified atom stereocenters. The van der Waals surface area contributed by atoms with Gasteiger partial charge in [-0.25, -0.2) is 0 Å². The summed E-state index contributed by atoms with van der Waals surface area (Å²) < 4.78 is -0.746. The number of rotatable bonds is 6. The quantitative estimate of drug-likeness (QED) is 0.228. The molecule has 0 heterocycles. The largest absolute Gasteiger partial charge is 0.339 e. The van der Waals surface area contributed by atoms with Crippen LogP contribution in [0.5, 0.6) is 0 Å². The van der Waals surface area contributed by atoms with Gasteiger partial charge in [0, 0.05) is 9.99 Å². The van der Waals surface area contributed by atoms with Gasteiger partial charge in [0.25, 0.3) is 0 Å². The number of nitrogens with one attached hydrogen (secondary N) is 3. The Morgan fingerprint density at radius 1 is 1.30 bits per heavy atom. The van der Waals surface area contributed by atoms with Crippen molar-refractivity contribution in [1.82, 2.24) is 10.6 Å². The molecular weight excluding hydrogens is 492 g/mol. The molecule has 3 N–H and O–H groups in total. The maximum Gasteiger partial charge on any atom is 0.228 e. The van der Waals surface area contributed by atoms with Crippen molar-refractivity contribution in [3.05, 3.63) is 27.8 Å². The number of hydrogen-bond acceptors (Lipinski definition) is 2. The number of carbonyl (C=O) groups excluding carboxylic acids is 1. The Morgan fingerprint density at radius 3 is 2.52 bits per heavy atom. The second kappa shape index (κ2) is 10.1. The van der Waals surface area contributed by atoms with E-state index in [1.165, 1.54) is 0 Å². The minimum Gasteiger partial charge on any atom is -0.339 e. The molecule has 23 heavy (non-hydrogen) atoms. The molecule has 0 fully saturated rings. The first kappa shape index (κ1) is 21.0. The van der Waals surface area contributed by atoms with Crippen LogP contribution in [0.15, 0.2) is 24.3 Å². The van der Waals surface area contributed by atoms with Crippen molar-refractivity contribution in [3.8, 4) is 0 Å². The molecule has 0 spiro atoms. The van der Waals surface area contributed by atoms with Gasteiger partial charge in [-0.1, -0.05) is 60.3 Å². The summed E-state index contributed by atoms with van der Waals surface area (Å²) in [4.78, 5) is 11.9. The molecule has 0 saturated carbocycles. The summed E-state index contributed by atoms with van der Waals surface area (Å²) in [6.07, 6.45) is 1.11. The zero-order chi connectivity index (χ0) is 17.5. The maximum absolute atomic E-state index is 11.9. The highest BCUT2D eigenvalue weighted by atomic mass is 127. The van der Waals surface area contributed by atoms with Gasteiger partial charge in [-0.2, -0.15) is 0 Å². The second-order valence-electron chi connectivity index (χ2n) is 4.72. The van der Waals surface area contributed by atoms with Crippen LogP contribution in [0.25, 0.3) is 0 Å². The number of carbonyl (C=O) groups is 1. The SMILES string of the molecule is CCCCC(=O)NC(NC(=S)Nc1ccccc1I)C(Cl)(Cl)Cl. The Bertz CT molecular complexity index is 554. The highest BCUT2D eigenvalue weighted by Gasteiger charge is 2.34. The van der Waals surface area contributed by atoms with Crippen LogP contribution >= 0.6 is 69.6 Å². The maximum atomic E-state index is 11.9. The molecule has 0 aliphatic heterocycles. The van der Waals surface area contributed by atoms with Gasteiger partial charge < -0.3 is 16.0 Å². The van der Waals surface area contributed by atoms with Crippen LogP contribution in [0.2, 0.25) is 0 Å². The highest BCUT2D eigenvalue weighted by Crippen LogP contribution is 2.29. The molecule has 1 rings (SSSR count). The number of para-hydroxylation sites is 1.